The minimum atomic E-state index is -4.71. The third-order valence-corrected chi connectivity index (χ3v) is 5.19. The first kappa shape index (κ1) is 24.8. The summed E-state index contributed by atoms with van der Waals surface area (Å²) in [6.45, 7) is 3.40. The Labute approximate surface area is 192 Å². The predicted octanol–water partition coefficient (Wildman–Crippen LogP) is 5.77. The summed E-state index contributed by atoms with van der Waals surface area (Å²) >= 11 is 6.03. The third kappa shape index (κ3) is 6.58. The van der Waals surface area contributed by atoms with Gasteiger partial charge >= 0.3 is 6.36 Å². The fourth-order valence-electron chi connectivity index (χ4n) is 3.46. The number of pyridine rings is 1. The van der Waals surface area contributed by atoms with Crippen molar-refractivity contribution < 1.29 is 32.2 Å². The number of fused-ring (bicyclic) bond motifs is 1. The first-order chi connectivity index (χ1) is 15.7. The van der Waals surface area contributed by atoms with Crippen LogP contribution in [0.2, 0.25) is 5.02 Å². The molecule has 0 unspecified atom stereocenters. The van der Waals surface area contributed by atoms with E-state index in [2.05, 4.69) is 14.7 Å². The van der Waals surface area contributed by atoms with Crippen LogP contribution in [0.1, 0.15) is 41.5 Å². The van der Waals surface area contributed by atoms with E-state index < -0.39 is 6.36 Å². The average Bonchev–Trinajstić information content (AvgIpc) is 3.42. The van der Waals surface area contributed by atoms with E-state index in [4.69, 9.17) is 11.6 Å². The van der Waals surface area contributed by atoms with Crippen LogP contribution in [0.3, 0.4) is 0 Å². The lowest BCUT2D eigenvalue weighted by Crippen LogP contribution is -2.29. The highest BCUT2D eigenvalue weighted by Crippen LogP contribution is 2.23. The number of likely N-dealkylation sites (tertiary alicyclic amines) is 1. The predicted molar refractivity (Wildman–Crippen MR) is 114 cm³/mol. The number of aromatic nitrogens is 2. The molecule has 3 aromatic rings. The zero-order chi connectivity index (χ0) is 24.0. The first-order valence-corrected chi connectivity index (χ1v) is 10.6. The molecule has 1 aliphatic heterocycles. The number of rotatable bonds is 5. The number of halogens is 5. The van der Waals surface area contributed by atoms with Gasteiger partial charge in [-0.25, -0.2) is 4.98 Å². The Morgan fingerprint density at radius 3 is 2.36 bits per heavy atom. The number of imidazole rings is 1. The first-order valence-electron chi connectivity index (χ1n) is 10.3. The number of nitrogens with zero attached hydrogens (tertiary/aromatic N) is 3. The summed E-state index contributed by atoms with van der Waals surface area (Å²) < 4.78 is 51.8. The van der Waals surface area contributed by atoms with Crippen molar-refractivity contribution in [2.75, 3.05) is 13.1 Å². The van der Waals surface area contributed by atoms with Crippen LogP contribution in [0.15, 0.2) is 42.6 Å². The molecule has 1 fully saturated rings. The van der Waals surface area contributed by atoms with Crippen LogP contribution in [0.5, 0.6) is 5.75 Å². The van der Waals surface area contributed by atoms with Crippen LogP contribution in [0.25, 0.3) is 5.65 Å². The molecule has 6 nitrogen and oxygen atoms in total. The van der Waals surface area contributed by atoms with Crippen LogP contribution < -0.4 is 4.74 Å². The average molecular weight is 488 g/mol. The standard InChI is InChI=1S/C14H16ClN3O.C8H6F4O2/c1-2-11-13(14(19)17-7-3-4-8-17)18-9-10(15)5-6-12(18)16-11;9-8(10,11)14-7-3-1-6(2-4-7)5-13-12/h5-6,9H,2-4,7-8H2,1H3;1-4H,5H2. The molecule has 3 heterocycles. The molecule has 0 radical (unpaired) electrons. The molecule has 0 saturated carbocycles. The molecule has 0 aliphatic carbocycles. The Bertz CT molecular complexity index is 1080. The van der Waals surface area contributed by atoms with Crippen molar-refractivity contribution in [2.24, 2.45) is 0 Å². The number of alkyl halides is 3. The molecule has 11 heteroatoms. The number of hydrogen-bond acceptors (Lipinski definition) is 4. The summed E-state index contributed by atoms with van der Waals surface area (Å²) in [7, 11) is 0. The lowest BCUT2D eigenvalue weighted by atomic mass is 10.2. The van der Waals surface area contributed by atoms with Crippen molar-refractivity contribution in [3.05, 3.63) is 64.6 Å². The van der Waals surface area contributed by atoms with Gasteiger partial charge in [-0.05, 0) is 53.6 Å². The highest BCUT2D eigenvalue weighted by Gasteiger charge is 2.31. The number of aryl methyl sites for hydroxylation is 1. The maximum absolute atomic E-state index is 12.6. The third-order valence-electron chi connectivity index (χ3n) is 4.96. The highest BCUT2D eigenvalue weighted by molar-refractivity contribution is 6.30. The van der Waals surface area contributed by atoms with Gasteiger partial charge in [0.2, 0.25) is 0 Å². The van der Waals surface area contributed by atoms with Gasteiger partial charge in [0.1, 0.15) is 23.7 Å². The second kappa shape index (κ2) is 10.8. The summed E-state index contributed by atoms with van der Waals surface area (Å²) in [5.74, 6) is -0.274. The smallest absolute Gasteiger partial charge is 0.406 e. The molecular formula is C22H22ClF4N3O3. The monoisotopic (exact) mass is 487 g/mol. The molecule has 1 saturated heterocycles. The van der Waals surface area contributed by atoms with Gasteiger partial charge in [0.25, 0.3) is 5.91 Å². The zero-order valence-electron chi connectivity index (χ0n) is 17.7. The Morgan fingerprint density at radius 2 is 1.79 bits per heavy atom. The molecule has 4 rings (SSSR count). The Kier molecular flexibility index (Phi) is 8.15. The van der Waals surface area contributed by atoms with Crippen LogP contribution in [-0.4, -0.2) is 39.6 Å². The number of hydrogen-bond donors (Lipinski definition) is 0. The van der Waals surface area contributed by atoms with Crippen molar-refractivity contribution in [1.29, 1.82) is 0 Å². The molecule has 33 heavy (non-hydrogen) atoms. The highest BCUT2D eigenvalue weighted by atomic mass is 35.5. The summed E-state index contributed by atoms with van der Waals surface area (Å²) in [6.07, 6.45) is -0.0198. The fourth-order valence-corrected chi connectivity index (χ4v) is 3.62. The Hall–Kier alpha value is -2.85. The van der Waals surface area contributed by atoms with Crippen molar-refractivity contribution in [3.8, 4) is 5.75 Å². The van der Waals surface area contributed by atoms with Crippen molar-refractivity contribution in [3.63, 3.8) is 0 Å². The fraction of sp³-hybridized carbons (Fsp3) is 0.364. The SMILES string of the molecule is CCc1nc2ccc(Cl)cn2c1C(=O)N1CCCC1.FOCc1ccc(OC(F)(F)F)cc1. The molecule has 0 spiro atoms. The van der Waals surface area contributed by atoms with Gasteiger partial charge in [0.05, 0.1) is 10.7 Å². The van der Waals surface area contributed by atoms with Crippen molar-refractivity contribution >= 4 is 23.2 Å². The molecule has 1 amide bonds. The van der Waals surface area contributed by atoms with E-state index in [9.17, 15) is 22.5 Å². The van der Waals surface area contributed by atoms with E-state index >= 15 is 0 Å². The van der Waals surface area contributed by atoms with Crippen LogP contribution >= 0.6 is 11.6 Å². The molecule has 0 atom stereocenters. The van der Waals surface area contributed by atoms with Crippen molar-refractivity contribution in [1.82, 2.24) is 14.3 Å². The molecular weight excluding hydrogens is 466 g/mol. The number of amides is 1. The maximum Gasteiger partial charge on any atom is 0.573 e. The van der Waals surface area contributed by atoms with E-state index in [1.165, 1.54) is 12.1 Å². The van der Waals surface area contributed by atoms with E-state index in [-0.39, 0.29) is 18.3 Å². The van der Waals surface area contributed by atoms with Crippen LogP contribution in [0, 0.1) is 0 Å². The van der Waals surface area contributed by atoms with Crippen molar-refractivity contribution in [2.45, 2.75) is 39.2 Å². The van der Waals surface area contributed by atoms with E-state index in [1.54, 1.807) is 12.3 Å². The number of benzene rings is 1. The lowest BCUT2D eigenvalue weighted by molar-refractivity contribution is -0.274. The van der Waals surface area contributed by atoms with Crippen LogP contribution in [0.4, 0.5) is 17.7 Å². The van der Waals surface area contributed by atoms with E-state index in [0.717, 1.165) is 55.8 Å². The van der Waals surface area contributed by atoms with E-state index in [1.807, 2.05) is 22.3 Å². The Balaban J connectivity index is 0.000000196. The number of carbonyl (C=O) groups is 1. The Morgan fingerprint density at radius 1 is 1.12 bits per heavy atom. The summed E-state index contributed by atoms with van der Waals surface area (Å²) in [6, 6.07) is 8.38. The van der Waals surface area contributed by atoms with Gasteiger partial charge in [-0.3, -0.25) is 9.20 Å². The molecule has 0 bridgehead atoms. The molecule has 2 aromatic heterocycles. The quantitative estimate of drug-likeness (QED) is 0.429. The zero-order valence-corrected chi connectivity index (χ0v) is 18.5. The second-order valence-corrected chi connectivity index (χ2v) is 7.72. The molecule has 178 valence electrons. The van der Waals surface area contributed by atoms with Gasteiger partial charge in [-0.1, -0.05) is 30.7 Å². The molecule has 0 N–H and O–H groups in total. The number of carbonyl (C=O) groups excluding carboxylic acids is 1. The minimum Gasteiger partial charge on any atom is -0.406 e. The van der Waals surface area contributed by atoms with Gasteiger partial charge in [-0.2, -0.15) is 4.94 Å². The van der Waals surface area contributed by atoms with Crippen LogP contribution in [-0.2, 0) is 18.0 Å². The van der Waals surface area contributed by atoms with E-state index in [0.29, 0.717) is 16.3 Å². The minimum absolute atomic E-state index is 0.0733. The lowest BCUT2D eigenvalue weighted by Gasteiger charge is -2.15. The largest absolute Gasteiger partial charge is 0.573 e. The summed E-state index contributed by atoms with van der Waals surface area (Å²) in [4.78, 5) is 22.4. The summed E-state index contributed by atoms with van der Waals surface area (Å²) in [5.41, 5.74) is 2.71. The maximum atomic E-state index is 12.6. The topological polar surface area (TPSA) is 56.1 Å². The number of ether oxygens (including phenoxy) is 1. The normalized spacial score (nSPS) is 13.7. The second-order valence-electron chi connectivity index (χ2n) is 7.28. The summed E-state index contributed by atoms with van der Waals surface area (Å²) in [5, 5.41) is 0.614. The van der Waals surface area contributed by atoms with Gasteiger partial charge in [0, 0.05) is 19.3 Å². The van der Waals surface area contributed by atoms with Gasteiger partial charge < -0.3 is 9.64 Å². The van der Waals surface area contributed by atoms with Gasteiger partial charge in [0.15, 0.2) is 0 Å². The molecule has 1 aliphatic rings. The molecule has 1 aromatic carbocycles. The van der Waals surface area contributed by atoms with Gasteiger partial charge in [-0.15, -0.1) is 13.2 Å².